The van der Waals surface area contributed by atoms with Gasteiger partial charge in [0.15, 0.2) is 0 Å². The van der Waals surface area contributed by atoms with E-state index < -0.39 is 0 Å². The zero-order valence-corrected chi connectivity index (χ0v) is 7.87. The summed E-state index contributed by atoms with van der Waals surface area (Å²) in [5.74, 6) is 0.607. The summed E-state index contributed by atoms with van der Waals surface area (Å²) in [6.07, 6.45) is 5.85. The Bertz CT molecular complexity index is 194. The van der Waals surface area contributed by atoms with E-state index in [1.807, 2.05) is 19.1 Å². The molecule has 54 valence electrons. The van der Waals surface area contributed by atoms with E-state index >= 15 is 0 Å². The first kappa shape index (κ1) is 7.78. The fraction of sp³-hybridized carbons (Fsp3) is 0.286. The van der Waals surface area contributed by atoms with Crippen molar-refractivity contribution in [2.45, 2.75) is 13.0 Å². The van der Waals surface area contributed by atoms with Crippen LogP contribution in [0.1, 0.15) is 6.92 Å². The Morgan fingerprint density at radius 1 is 1.60 bits per heavy atom. The maximum atomic E-state index is 5.51. The Morgan fingerprint density at radius 2 is 2.30 bits per heavy atom. The highest BCUT2D eigenvalue weighted by Gasteiger charge is 1.99. The van der Waals surface area contributed by atoms with E-state index in [2.05, 4.69) is 33.7 Å². The van der Waals surface area contributed by atoms with Crippen LogP contribution in [0.2, 0.25) is 0 Å². The number of hydrogen-bond donors (Lipinski definition) is 1. The molecule has 1 heterocycles. The van der Waals surface area contributed by atoms with Crippen LogP contribution in [0, 0.1) is 0 Å². The fourth-order valence-electron chi connectivity index (χ4n) is 0.766. The third-order valence-electron chi connectivity index (χ3n) is 1.17. The van der Waals surface area contributed by atoms with E-state index in [-0.39, 0.29) is 6.04 Å². The average Bonchev–Trinajstić information content (AvgIpc) is 1.93. The minimum absolute atomic E-state index is 0.210. The molecular formula is C7H9IN2. The number of nitrogens with zero attached hydrogens (tertiary/aromatic N) is 1. The number of rotatable bonds is 0. The third-order valence-corrected chi connectivity index (χ3v) is 1.89. The molecule has 0 aromatic carbocycles. The van der Waals surface area contributed by atoms with Crippen molar-refractivity contribution in [3.05, 3.63) is 21.8 Å². The molecule has 10 heavy (non-hydrogen) atoms. The van der Waals surface area contributed by atoms with Crippen molar-refractivity contribution < 1.29 is 0 Å². The largest absolute Gasteiger partial charge is 0.384 e. The van der Waals surface area contributed by atoms with Crippen LogP contribution in [-0.4, -0.2) is 11.9 Å². The van der Waals surface area contributed by atoms with Gasteiger partial charge in [0.05, 0.1) is 6.04 Å². The monoisotopic (exact) mass is 248 g/mol. The number of hydrogen-bond acceptors (Lipinski definition) is 2. The highest BCUT2D eigenvalue weighted by atomic mass is 127. The topological polar surface area (TPSA) is 38.4 Å². The lowest BCUT2D eigenvalue weighted by Crippen LogP contribution is -2.09. The summed E-state index contributed by atoms with van der Waals surface area (Å²) >= 11 is 2.25. The molecule has 0 aromatic rings. The van der Waals surface area contributed by atoms with Crippen molar-refractivity contribution in [1.82, 2.24) is 0 Å². The zero-order valence-electron chi connectivity index (χ0n) is 5.71. The van der Waals surface area contributed by atoms with E-state index in [0.717, 1.165) is 0 Å². The molecule has 2 N–H and O–H groups in total. The van der Waals surface area contributed by atoms with Crippen molar-refractivity contribution in [3.8, 4) is 0 Å². The maximum Gasteiger partial charge on any atom is 0.118 e. The molecule has 0 saturated heterocycles. The lowest BCUT2D eigenvalue weighted by Gasteiger charge is -1.96. The van der Waals surface area contributed by atoms with Crippen LogP contribution in [-0.2, 0) is 0 Å². The van der Waals surface area contributed by atoms with Crippen LogP contribution in [0.5, 0.6) is 0 Å². The second-order valence-electron chi connectivity index (χ2n) is 2.18. The van der Waals surface area contributed by atoms with Gasteiger partial charge >= 0.3 is 0 Å². The van der Waals surface area contributed by atoms with Crippen LogP contribution in [0.3, 0.4) is 0 Å². The third kappa shape index (κ3) is 2.13. The van der Waals surface area contributed by atoms with Gasteiger partial charge in [-0.2, -0.15) is 0 Å². The Labute approximate surface area is 74.0 Å². The van der Waals surface area contributed by atoms with Crippen LogP contribution in [0.4, 0.5) is 0 Å². The van der Waals surface area contributed by atoms with Crippen LogP contribution in [0.15, 0.2) is 26.8 Å². The van der Waals surface area contributed by atoms with Crippen molar-refractivity contribution >= 4 is 28.4 Å². The molecule has 2 nitrogen and oxygen atoms in total. The van der Waals surface area contributed by atoms with Gasteiger partial charge in [-0.3, -0.25) is 4.99 Å². The average molecular weight is 248 g/mol. The predicted molar refractivity (Wildman–Crippen MR) is 52.3 cm³/mol. The molecule has 0 saturated carbocycles. The molecule has 1 unspecified atom stereocenters. The van der Waals surface area contributed by atoms with Crippen molar-refractivity contribution in [2.75, 3.05) is 0 Å². The van der Waals surface area contributed by atoms with Gasteiger partial charge in [-0.05, 0) is 47.7 Å². The summed E-state index contributed by atoms with van der Waals surface area (Å²) in [6, 6.07) is 0.210. The zero-order chi connectivity index (χ0) is 7.56. The van der Waals surface area contributed by atoms with Gasteiger partial charge in [-0.25, -0.2) is 0 Å². The molecule has 0 aliphatic carbocycles. The van der Waals surface area contributed by atoms with Gasteiger partial charge in [0.2, 0.25) is 0 Å². The lowest BCUT2D eigenvalue weighted by molar-refractivity contribution is 0.927. The predicted octanol–water partition coefficient (Wildman–Crippen LogP) is 1.62. The standard InChI is InChI=1S/C7H9IN2/c1-5-4-6(8)2-3-7(9)10-5/h2-5H,1H3,(H2,9,10). The van der Waals surface area contributed by atoms with Gasteiger partial charge < -0.3 is 5.73 Å². The molecule has 0 aromatic heterocycles. The van der Waals surface area contributed by atoms with Crippen LogP contribution < -0.4 is 5.73 Å². The van der Waals surface area contributed by atoms with Gasteiger partial charge in [-0.15, -0.1) is 0 Å². The number of nitrogens with two attached hydrogens (primary N) is 1. The van der Waals surface area contributed by atoms with E-state index in [1.165, 1.54) is 3.58 Å². The first-order valence-corrected chi connectivity index (χ1v) is 4.15. The highest BCUT2D eigenvalue weighted by molar-refractivity contribution is 14.1. The summed E-state index contributed by atoms with van der Waals surface area (Å²) < 4.78 is 1.19. The van der Waals surface area contributed by atoms with Crippen LogP contribution >= 0.6 is 22.6 Å². The SMILES string of the molecule is CC1C=C(I)C=CC(N)=N1. The molecule has 0 amide bonds. The van der Waals surface area contributed by atoms with E-state index in [9.17, 15) is 0 Å². The second kappa shape index (κ2) is 3.18. The van der Waals surface area contributed by atoms with Gasteiger partial charge in [0, 0.05) is 3.58 Å². The fourth-order valence-corrected chi connectivity index (χ4v) is 1.47. The summed E-state index contributed by atoms with van der Waals surface area (Å²) in [5.41, 5.74) is 5.51. The normalized spacial score (nSPS) is 25.2. The number of amidine groups is 1. The van der Waals surface area contributed by atoms with Crippen molar-refractivity contribution in [3.63, 3.8) is 0 Å². The number of halogens is 1. The minimum Gasteiger partial charge on any atom is -0.384 e. The minimum atomic E-state index is 0.210. The quantitative estimate of drug-likeness (QED) is 0.650. The Hall–Kier alpha value is -0.320. The van der Waals surface area contributed by atoms with E-state index in [0.29, 0.717) is 5.84 Å². The van der Waals surface area contributed by atoms with Gasteiger partial charge in [0.25, 0.3) is 0 Å². The summed E-state index contributed by atoms with van der Waals surface area (Å²) in [6.45, 7) is 2.01. The lowest BCUT2D eigenvalue weighted by atomic mass is 10.3. The molecule has 1 aliphatic rings. The molecule has 3 heteroatoms. The van der Waals surface area contributed by atoms with Gasteiger partial charge in [-0.1, -0.05) is 0 Å². The van der Waals surface area contributed by atoms with E-state index in [4.69, 9.17) is 5.73 Å². The van der Waals surface area contributed by atoms with Crippen molar-refractivity contribution in [1.29, 1.82) is 0 Å². The highest BCUT2D eigenvalue weighted by Crippen LogP contribution is 2.12. The first-order chi connectivity index (χ1) is 4.68. The first-order valence-electron chi connectivity index (χ1n) is 3.07. The molecule has 0 radical (unpaired) electrons. The summed E-state index contributed by atoms with van der Waals surface area (Å²) in [4.78, 5) is 4.15. The Balaban J connectivity index is 2.87. The molecule has 1 atom stereocenters. The maximum absolute atomic E-state index is 5.51. The smallest absolute Gasteiger partial charge is 0.118 e. The van der Waals surface area contributed by atoms with Gasteiger partial charge in [0.1, 0.15) is 5.84 Å². The molecule has 1 rings (SSSR count). The number of allylic oxidation sites excluding steroid dienone is 2. The van der Waals surface area contributed by atoms with Crippen LogP contribution in [0.25, 0.3) is 0 Å². The molecule has 0 fully saturated rings. The molecular weight excluding hydrogens is 239 g/mol. The Morgan fingerprint density at radius 3 is 3.00 bits per heavy atom. The summed E-state index contributed by atoms with van der Waals surface area (Å²) in [5, 5.41) is 0. The summed E-state index contributed by atoms with van der Waals surface area (Å²) in [7, 11) is 0. The Kier molecular flexibility index (Phi) is 2.48. The molecule has 0 spiro atoms. The molecule has 0 bridgehead atoms. The van der Waals surface area contributed by atoms with Crippen molar-refractivity contribution in [2.24, 2.45) is 10.7 Å². The second-order valence-corrected chi connectivity index (χ2v) is 3.43. The number of aliphatic imine (C=N–C) groups is 1. The molecule has 1 aliphatic heterocycles. The van der Waals surface area contributed by atoms with E-state index in [1.54, 1.807) is 0 Å².